The van der Waals surface area contributed by atoms with Gasteiger partial charge in [0.15, 0.2) is 5.75 Å². The normalized spacial score (nSPS) is 12.0. The molecule has 164 valence electrons. The lowest BCUT2D eigenvalue weighted by atomic mass is 9.99. The van der Waals surface area contributed by atoms with Gasteiger partial charge in [0.25, 0.3) is 0 Å². The standard InChI is InChI=1S/C21H17F3O5S2/c1-3-28-20(25)16-11-15-10-14(13-4-7-17(30-2)8-5-13)6-9-18(15)19(12-16)29-31(26,27)21(22,23)24/h4-12H,3H2,1-2H3. The summed E-state index contributed by atoms with van der Waals surface area (Å²) in [5, 5.41) is 0.426. The van der Waals surface area contributed by atoms with Crippen LogP contribution in [0, 0.1) is 0 Å². The fraction of sp³-hybridized carbons (Fsp3) is 0.190. The summed E-state index contributed by atoms with van der Waals surface area (Å²) in [5.74, 6) is -1.42. The van der Waals surface area contributed by atoms with Crippen molar-refractivity contribution in [2.45, 2.75) is 17.3 Å². The van der Waals surface area contributed by atoms with Crippen LogP contribution in [0.15, 0.2) is 59.5 Å². The van der Waals surface area contributed by atoms with Crippen LogP contribution in [0.25, 0.3) is 21.9 Å². The fourth-order valence-electron chi connectivity index (χ4n) is 2.86. The minimum Gasteiger partial charge on any atom is -0.462 e. The molecule has 3 aromatic carbocycles. The zero-order valence-electron chi connectivity index (χ0n) is 16.4. The molecule has 0 N–H and O–H groups in total. The molecule has 0 fully saturated rings. The van der Waals surface area contributed by atoms with Crippen LogP contribution in [0.4, 0.5) is 13.2 Å². The van der Waals surface area contributed by atoms with E-state index < -0.39 is 27.3 Å². The Hall–Kier alpha value is -2.72. The van der Waals surface area contributed by atoms with Crippen LogP contribution in [-0.4, -0.2) is 32.8 Å². The molecule has 0 aliphatic carbocycles. The van der Waals surface area contributed by atoms with Crippen molar-refractivity contribution in [1.29, 1.82) is 0 Å². The van der Waals surface area contributed by atoms with Gasteiger partial charge in [0, 0.05) is 10.3 Å². The molecule has 0 aliphatic heterocycles. The lowest BCUT2D eigenvalue weighted by molar-refractivity contribution is -0.0499. The lowest BCUT2D eigenvalue weighted by Crippen LogP contribution is -2.28. The maximum Gasteiger partial charge on any atom is 0.534 e. The quantitative estimate of drug-likeness (QED) is 0.201. The first-order valence-electron chi connectivity index (χ1n) is 8.96. The van der Waals surface area contributed by atoms with Crippen molar-refractivity contribution in [3.05, 3.63) is 60.2 Å². The third kappa shape index (κ3) is 4.96. The Morgan fingerprint density at radius 3 is 2.23 bits per heavy atom. The van der Waals surface area contributed by atoms with Crippen LogP contribution in [0.1, 0.15) is 17.3 Å². The van der Waals surface area contributed by atoms with Gasteiger partial charge in [0.1, 0.15) is 0 Å². The van der Waals surface area contributed by atoms with Crippen molar-refractivity contribution in [2.24, 2.45) is 0 Å². The Kier molecular flexibility index (Phi) is 6.51. The fourth-order valence-corrected chi connectivity index (χ4v) is 3.74. The molecule has 31 heavy (non-hydrogen) atoms. The van der Waals surface area contributed by atoms with Crippen LogP contribution < -0.4 is 4.18 Å². The largest absolute Gasteiger partial charge is 0.534 e. The van der Waals surface area contributed by atoms with Crippen LogP contribution in [0.3, 0.4) is 0 Å². The molecule has 3 aromatic rings. The van der Waals surface area contributed by atoms with Crippen LogP contribution in [0.5, 0.6) is 5.75 Å². The number of benzene rings is 3. The van der Waals surface area contributed by atoms with Crippen molar-refractivity contribution < 1.29 is 35.3 Å². The summed E-state index contributed by atoms with van der Waals surface area (Å²) in [6.07, 6.45) is 1.94. The first-order chi connectivity index (χ1) is 14.6. The molecule has 10 heteroatoms. The highest BCUT2D eigenvalue weighted by Gasteiger charge is 2.48. The smallest absolute Gasteiger partial charge is 0.462 e. The monoisotopic (exact) mass is 470 g/mol. The minimum atomic E-state index is -5.92. The van der Waals surface area contributed by atoms with Gasteiger partial charge in [-0.1, -0.05) is 18.2 Å². The van der Waals surface area contributed by atoms with E-state index in [-0.39, 0.29) is 17.6 Å². The van der Waals surface area contributed by atoms with Crippen LogP contribution in [0.2, 0.25) is 0 Å². The number of carbonyl (C=O) groups is 1. The van der Waals surface area contributed by atoms with E-state index in [4.69, 9.17) is 4.74 Å². The summed E-state index contributed by atoms with van der Waals surface area (Å²) in [4.78, 5) is 13.2. The molecule has 0 bridgehead atoms. The zero-order chi connectivity index (χ0) is 22.8. The SMILES string of the molecule is CCOC(=O)c1cc(OS(=O)(=O)C(F)(F)F)c2ccc(-c3ccc(SC)cc3)cc2c1. The van der Waals surface area contributed by atoms with Crippen molar-refractivity contribution in [3.8, 4) is 16.9 Å². The van der Waals surface area contributed by atoms with Gasteiger partial charge < -0.3 is 8.92 Å². The number of alkyl halides is 3. The molecule has 0 radical (unpaired) electrons. The van der Waals surface area contributed by atoms with Crippen LogP contribution >= 0.6 is 11.8 Å². The van der Waals surface area contributed by atoms with Crippen molar-refractivity contribution in [2.75, 3.05) is 12.9 Å². The van der Waals surface area contributed by atoms with Gasteiger partial charge in [-0.05, 0) is 66.1 Å². The molecule has 0 amide bonds. The van der Waals surface area contributed by atoms with E-state index in [0.29, 0.717) is 5.39 Å². The maximum atomic E-state index is 12.8. The molecule has 0 aromatic heterocycles. The van der Waals surface area contributed by atoms with Crippen LogP contribution in [-0.2, 0) is 14.9 Å². The number of hydrogen-bond donors (Lipinski definition) is 0. The number of hydrogen-bond acceptors (Lipinski definition) is 6. The Morgan fingerprint density at radius 2 is 1.65 bits per heavy atom. The van der Waals surface area contributed by atoms with Gasteiger partial charge >= 0.3 is 21.6 Å². The molecular weight excluding hydrogens is 453 g/mol. The van der Waals surface area contributed by atoms with E-state index in [2.05, 4.69) is 4.18 Å². The predicted molar refractivity (Wildman–Crippen MR) is 113 cm³/mol. The second-order valence-electron chi connectivity index (χ2n) is 6.34. The number of carbonyl (C=O) groups excluding carboxylic acids is 1. The average Bonchev–Trinajstić information content (AvgIpc) is 2.72. The summed E-state index contributed by atoms with van der Waals surface area (Å²) in [6.45, 7) is 1.61. The number of ether oxygens (including phenoxy) is 1. The van der Waals surface area contributed by atoms with E-state index in [1.54, 1.807) is 30.8 Å². The second-order valence-corrected chi connectivity index (χ2v) is 8.76. The molecule has 5 nitrogen and oxygen atoms in total. The van der Waals surface area contributed by atoms with E-state index in [9.17, 15) is 26.4 Å². The van der Waals surface area contributed by atoms with E-state index in [0.717, 1.165) is 22.1 Å². The third-order valence-corrected chi connectivity index (χ3v) is 6.04. The van der Waals surface area contributed by atoms with Gasteiger partial charge in [-0.15, -0.1) is 11.8 Å². The molecule has 0 saturated heterocycles. The first kappa shape index (κ1) is 23.0. The average molecular weight is 470 g/mol. The van der Waals surface area contributed by atoms with Gasteiger partial charge in [-0.3, -0.25) is 0 Å². The van der Waals surface area contributed by atoms with E-state index in [1.165, 1.54) is 12.1 Å². The van der Waals surface area contributed by atoms with Crippen molar-refractivity contribution >= 4 is 38.6 Å². The highest BCUT2D eigenvalue weighted by atomic mass is 32.2. The molecule has 0 saturated carbocycles. The molecular formula is C21H17F3O5S2. The maximum absolute atomic E-state index is 12.8. The third-order valence-electron chi connectivity index (χ3n) is 4.33. The summed E-state index contributed by atoms with van der Waals surface area (Å²) in [7, 11) is -5.92. The van der Waals surface area contributed by atoms with Crippen molar-refractivity contribution in [3.63, 3.8) is 0 Å². The Bertz CT molecular complexity index is 1220. The number of thioether (sulfide) groups is 1. The van der Waals surface area contributed by atoms with Crippen molar-refractivity contribution in [1.82, 2.24) is 0 Å². The number of fused-ring (bicyclic) bond motifs is 1. The highest BCUT2D eigenvalue weighted by Crippen LogP contribution is 2.35. The number of rotatable bonds is 6. The highest BCUT2D eigenvalue weighted by molar-refractivity contribution is 7.98. The predicted octanol–water partition coefficient (Wildman–Crippen LogP) is 5.63. The van der Waals surface area contributed by atoms with Gasteiger partial charge in [-0.2, -0.15) is 21.6 Å². The second kappa shape index (κ2) is 8.80. The van der Waals surface area contributed by atoms with Gasteiger partial charge in [0.05, 0.1) is 12.2 Å². The molecule has 0 atom stereocenters. The van der Waals surface area contributed by atoms with E-state index >= 15 is 0 Å². The lowest BCUT2D eigenvalue weighted by Gasteiger charge is -2.14. The van der Waals surface area contributed by atoms with Gasteiger partial charge in [-0.25, -0.2) is 4.79 Å². The molecule has 0 heterocycles. The van der Waals surface area contributed by atoms with Gasteiger partial charge in [0.2, 0.25) is 0 Å². The summed E-state index contributed by atoms with van der Waals surface area (Å²) >= 11 is 1.58. The zero-order valence-corrected chi connectivity index (χ0v) is 18.0. The number of esters is 1. The minimum absolute atomic E-state index is 0.0374. The summed E-state index contributed by atoms with van der Waals surface area (Å²) in [5.41, 5.74) is -4.17. The number of halogens is 3. The Morgan fingerprint density at radius 1 is 1.00 bits per heavy atom. The molecule has 0 unspecified atom stereocenters. The molecule has 0 spiro atoms. The topological polar surface area (TPSA) is 69.7 Å². The molecule has 3 rings (SSSR count). The Labute approximate surface area is 181 Å². The summed E-state index contributed by atoms with van der Waals surface area (Å²) in [6, 6.07) is 14.7. The van der Waals surface area contributed by atoms with E-state index in [1.807, 2.05) is 30.5 Å². The summed E-state index contributed by atoms with van der Waals surface area (Å²) < 4.78 is 70.9. The first-order valence-corrected chi connectivity index (χ1v) is 11.6. The molecule has 0 aliphatic rings. The Balaban J connectivity index is 2.16.